The summed E-state index contributed by atoms with van der Waals surface area (Å²) < 4.78 is 29.8. The fraction of sp³-hybridized carbons (Fsp3) is 0. The summed E-state index contributed by atoms with van der Waals surface area (Å²) in [5.41, 5.74) is 1.25. The molecule has 0 atom stereocenters. The molecule has 4 nitrogen and oxygen atoms in total. The molecule has 0 radical (unpaired) electrons. The van der Waals surface area contributed by atoms with Crippen molar-refractivity contribution in [2.24, 2.45) is 4.40 Å². The van der Waals surface area contributed by atoms with Crippen molar-refractivity contribution < 1.29 is 13.2 Å². The van der Waals surface area contributed by atoms with Crippen LogP contribution in [-0.4, -0.2) is 19.9 Å². The number of benzene rings is 3. The van der Waals surface area contributed by atoms with Gasteiger partial charge in [0.05, 0.1) is 10.6 Å². The van der Waals surface area contributed by atoms with Crippen LogP contribution in [0.4, 0.5) is 0 Å². The molecule has 122 valence electrons. The number of carbonyl (C=O) groups excluding carboxylic acids is 1. The van der Waals surface area contributed by atoms with Crippen LogP contribution >= 0.6 is 0 Å². The first kappa shape index (κ1) is 15.5. The summed E-state index contributed by atoms with van der Waals surface area (Å²) in [6, 6.07) is 19.2. The Kier molecular flexibility index (Phi) is 3.58. The lowest BCUT2D eigenvalue weighted by atomic mass is 9.95. The van der Waals surface area contributed by atoms with Gasteiger partial charge < -0.3 is 0 Å². The van der Waals surface area contributed by atoms with Crippen molar-refractivity contribution in [1.82, 2.24) is 0 Å². The lowest BCUT2D eigenvalue weighted by Gasteiger charge is -2.12. The van der Waals surface area contributed by atoms with Crippen LogP contribution in [0, 0.1) is 0 Å². The Morgan fingerprint density at radius 2 is 1.40 bits per heavy atom. The lowest BCUT2D eigenvalue weighted by molar-refractivity contribution is 0.104. The number of rotatable bonds is 2. The number of carbonyl (C=O) groups is 1. The molecule has 0 amide bonds. The highest BCUT2D eigenvalue weighted by atomic mass is 32.2. The molecule has 3 aromatic carbocycles. The van der Waals surface area contributed by atoms with Crippen LogP contribution in [0.15, 0.2) is 88.2 Å². The van der Waals surface area contributed by atoms with E-state index in [4.69, 9.17) is 0 Å². The topological polar surface area (TPSA) is 63.6 Å². The molecule has 3 aromatic rings. The average Bonchev–Trinajstić information content (AvgIpc) is 2.64. The predicted molar refractivity (Wildman–Crippen MR) is 97.6 cm³/mol. The first-order valence-electron chi connectivity index (χ1n) is 7.71. The lowest BCUT2D eigenvalue weighted by Crippen LogP contribution is -2.14. The van der Waals surface area contributed by atoms with Gasteiger partial charge in [0.2, 0.25) is 0 Å². The first-order valence-corrected chi connectivity index (χ1v) is 9.15. The number of ketones is 1. The minimum absolute atomic E-state index is 0.154. The zero-order valence-electron chi connectivity index (χ0n) is 13.1. The maximum Gasteiger partial charge on any atom is 0.283 e. The van der Waals surface area contributed by atoms with Crippen molar-refractivity contribution in [3.05, 3.63) is 90.0 Å². The Morgan fingerprint density at radius 3 is 2.24 bits per heavy atom. The summed E-state index contributed by atoms with van der Waals surface area (Å²) in [6.07, 6.45) is 2.80. The molecule has 5 heteroatoms. The highest BCUT2D eigenvalue weighted by Crippen LogP contribution is 2.26. The largest absolute Gasteiger partial charge is 0.289 e. The van der Waals surface area contributed by atoms with Crippen molar-refractivity contribution >= 4 is 32.3 Å². The van der Waals surface area contributed by atoms with Gasteiger partial charge >= 0.3 is 0 Å². The zero-order chi connectivity index (χ0) is 17.4. The molecule has 0 aromatic heterocycles. The summed E-state index contributed by atoms with van der Waals surface area (Å²) in [6.45, 7) is 0. The third-order valence-corrected chi connectivity index (χ3v) is 5.46. The van der Waals surface area contributed by atoms with Crippen LogP contribution in [0.1, 0.15) is 15.9 Å². The Balaban J connectivity index is 1.91. The van der Waals surface area contributed by atoms with Gasteiger partial charge in [-0.3, -0.25) is 4.79 Å². The van der Waals surface area contributed by atoms with E-state index in [-0.39, 0.29) is 16.4 Å². The van der Waals surface area contributed by atoms with E-state index < -0.39 is 10.0 Å². The fourth-order valence-electron chi connectivity index (χ4n) is 2.93. The van der Waals surface area contributed by atoms with Crippen molar-refractivity contribution in [3.8, 4) is 0 Å². The van der Waals surface area contributed by atoms with Gasteiger partial charge in [0, 0.05) is 16.5 Å². The monoisotopic (exact) mass is 347 g/mol. The molecule has 0 spiro atoms. The smallest absolute Gasteiger partial charge is 0.283 e. The maximum absolute atomic E-state index is 12.9. The number of nitrogens with zero attached hydrogens (tertiary/aromatic N) is 1. The highest BCUT2D eigenvalue weighted by molar-refractivity contribution is 7.90. The van der Waals surface area contributed by atoms with E-state index in [0.717, 1.165) is 5.39 Å². The summed E-state index contributed by atoms with van der Waals surface area (Å²) in [7, 11) is -3.92. The van der Waals surface area contributed by atoms with Gasteiger partial charge in [0.15, 0.2) is 5.78 Å². The molecule has 1 aliphatic rings. The number of allylic oxidation sites excluding steroid dienone is 2. The van der Waals surface area contributed by atoms with Gasteiger partial charge in [-0.25, -0.2) is 0 Å². The summed E-state index contributed by atoms with van der Waals surface area (Å²) in [5.74, 6) is -0.155. The molecule has 0 saturated heterocycles. The van der Waals surface area contributed by atoms with E-state index in [1.165, 1.54) is 12.2 Å². The van der Waals surface area contributed by atoms with Crippen LogP contribution in [0.3, 0.4) is 0 Å². The summed E-state index contributed by atoms with van der Waals surface area (Å²) in [5, 5.41) is 1.46. The van der Waals surface area contributed by atoms with E-state index in [1.54, 1.807) is 48.5 Å². The molecular weight excluding hydrogens is 334 g/mol. The molecule has 0 bridgehead atoms. The van der Waals surface area contributed by atoms with E-state index >= 15 is 0 Å². The molecule has 0 unspecified atom stereocenters. The fourth-order valence-corrected chi connectivity index (χ4v) is 4.17. The Hall–Kier alpha value is -3.05. The maximum atomic E-state index is 12.9. The van der Waals surface area contributed by atoms with Crippen LogP contribution in [-0.2, 0) is 10.0 Å². The molecule has 4 rings (SSSR count). The SMILES string of the molecule is O=C1C=CC(=NS(=O)(=O)c2cccc3ccccc23)c2ccccc21. The molecule has 25 heavy (non-hydrogen) atoms. The number of hydrogen-bond donors (Lipinski definition) is 0. The summed E-state index contributed by atoms with van der Waals surface area (Å²) >= 11 is 0. The second-order valence-electron chi connectivity index (χ2n) is 5.67. The van der Waals surface area contributed by atoms with Crippen LogP contribution in [0.5, 0.6) is 0 Å². The summed E-state index contributed by atoms with van der Waals surface area (Å²) in [4.78, 5) is 12.1. The molecule has 0 heterocycles. The van der Waals surface area contributed by atoms with Crippen LogP contribution in [0.2, 0.25) is 0 Å². The molecular formula is C20H13NO3S. The van der Waals surface area contributed by atoms with Gasteiger partial charge in [0.1, 0.15) is 0 Å². The van der Waals surface area contributed by atoms with E-state index in [9.17, 15) is 13.2 Å². The number of sulfonamides is 1. The van der Waals surface area contributed by atoms with Crippen LogP contribution < -0.4 is 0 Å². The van der Waals surface area contributed by atoms with Gasteiger partial charge in [-0.1, -0.05) is 60.7 Å². The molecule has 0 fully saturated rings. The highest BCUT2D eigenvalue weighted by Gasteiger charge is 2.21. The van der Waals surface area contributed by atoms with Gasteiger partial charge in [-0.15, -0.1) is 0 Å². The Bertz CT molecular complexity index is 1170. The second-order valence-corrected chi connectivity index (χ2v) is 7.24. The van der Waals surface area contributed by atoms with Crippen molar-refractivity contribution in [2.75, 3.05) is 0 Å². The predicted octanol–water partition coefficient (Wildman–Crippen LogP) is 3.77. The van der Waals surface area contributed by atoms with Gasteiger partial charge in [-0.05, 0) is 23.6 Å². The van der Waals surface area contributed by atoms with E-state index in [2.05, 4.69) is 4.40 Å². The standard InChI is InChI=1S/C20H13NO3S/c22-19-13-12-18(16-9-3-4-10-17(16)19)21-25(23,24)20-11-5-7-14-6-1-2-8-15(14)20/h1-13H. The van der Waals surface area contributed by atoms with E-state index in [1.807, 2.05) is 18.2 Å². The van der Waals surface area contributed by atoms with Crippen LogP contribution in [0.25, 0.3) is 10.8 Å². The first-order chi connectivity index (χ1) is 12.1. The minimum Gasteiger partial charge on any atom is -0.289 e. The van der Waals surface area contributed by atoms with Crippen molar-refractivity contribution in [1.29, 1.82) is 0 Å². The minimum atomic E-state index is -3.92. The van der Waals surface area contributed by atoms with Gasteiger partial charge in [-0.2, -0.15) is 12.8 Å². The third-order valence-electron chi connectivity index (χ3n) is 4.11. The zero-order valence-corrected chi connectivity index (χ0v) is 13.9. The third kappa shape index (κ3) is 2.68. The van der Waals surface area contributed by atoms with E-state index in [0.29, 0.717) is 16.5 Å². The number of hydrogen-bond acceptors (Lipinski definition) is 3. The van der Waals surface area contributed by atoms with Crippen molar-refractivity contribution in [2.45, 2.75) is 4.90 Å². The average molecular weight is 347 g/mol. The number of fused-ring (bicyclic) bond motifs is 2. The Labute approximate surface area is 145 Å². The Morgan fingerprint density at radius 1 is 0.720 bits per heavy atom. The van der Waals surface area contributed by atoms with Gasteiger partial charge in [0.25, 0.3) is 10.0 Å². The normalized spacial score (nSPS) is 15.5. The quantitative estimate of drug-likeness (QED) is 0.709. The van der Waals surface area contributed by atoms with Crippen molar-refractivity contribution in [3.63, 3.8) is 0 Å². The molecule has 0 saturated carbocycles. The molecule has 1 aliphatic carbocycles. The molecule has 0 N–H and O–H groups in total. The second kappa shape index (κ2) is 5.79. The molecule has 0 aliphatic heterocycles.